The van der Waals surface area contributed by atoms with Gasteiger partial charge in [-0.1, -0.05) is 20.4 Å². The van der Waals surface area contributed by atoms with Gasteiger partial charge in [-0.05, 0) is 25.3 Å². The predicted molar refractivity (Wildman–Crippen MR) is 69.9 cm³/mol. The zero-order valence-electron chi connectivity index (χ0n) is 11.6. The van der Waals surface area contributed by atoms with Crippen molar-refractivity contribution in [2.45, 2.75) is 33.6 Å². The molecule has 1 heterocycles. The maximum atomic E-state index is 11.8. The van der Waals surface area contributed by atoms with E-state index in [2.05, 4.69) is 6.58 Å². The quantitative estimate of drug-likeness (QED) is 0.568. The molecule has 4 heteroatoms. The standard InChI is InChI=1S/C14H23NO3/c1-10(2)9-18-14(17)12-5-7-15(8-6-12)13(16)11(3)4/h11-12H,1,5-9H2,2-4H3. The lowest BCUT2D eigenvalue weighted by molar-refractivity contribution is -0.151. The van der Waals surface area contributed by atoms with E-state index in [-0.39, 0.29) is 23.7 Å². The highest BCUT2D eigenvalue weighted by molar-refractivity contribution is 5.79. The van der Waals surface area contributed by atoms with Crippen LogP contribution < -0.4 is 0 Å². The molecule has 0 unspecified atom stereocenters. The average molecular weight is 253 g/mol. The highest BCUT2D eigenvalue weighted by Gasteiger charge is 2.28. The summed E-state index contributed by atoms with van der Waals surface area (Å²) in [4.78, 5) is 25.4. The van der Waals surface area contributed by atoms with Crippen LogP contribution in [0.15, 0.2) is 12.2 Å². The molecular formula is C14H23NO3. The van der Waals surface area contributed by atoms with Gasteiger partial charge in [-0.15, -0.1) is 0 Å². The van der Waals surface area contributed by atoms with Crippen molar-refractivity contribution in [1.82, 2.24) is 4.90 Å². The van der Waals surface area contributed by atoms with E-state index in [1.165, 1.54) is 0 Å². The minimum atomic E-state index is -0.158. The maximum absolute atomic E-state index is 11.8. The second kappa shape index (κ2) is 6.57. The smallest absolute Gasteiger partial charge is 0.309 e. The van der Waals surface area contributed by atoms with E-state index < -0.39 is 0 Å². The van der Waals surface area contributed by atoms with Gasteiger partial charge in [0.2, 0.25) is 5.91 Å². The molecule has 1 rings (SSSR count). The molecule has 102 valence electrons. The topological polar surface area (TPSA) is 46.6 Å². The van der Waals surface area contributed by atoms with Crippen molar-refractivity contribution in [3.05, 3.63) is 12.2 Å². The Morgan fingerprint density at radius 1 is 1.33 bits per heavy atom. The molecule has 0 N–H and O–H groups in total. The lowest BCUT2D eigenvalue weighted by Crippen LogP contribution is -2.42. The van der Waals surface area contributed by atoms with Crippen LogP contribution in [0.1, 0.15) is 33.6 Å². The molecule has 1 saturated heterocycles. The number of rotatable bonds is 4. The Hall–Kier alpha value is -1.32. The molecule has 1 aliphatic rings. The van der Waals surface area contributed by atoms with Gasteiger partial charge in [-0.25, -0.2) is 0 Å². The van der Waals surface area contributed by atoms with Crippen molar-refractivity contribution in [2.24, 2.45) is 11.8 Å². The van der Waals surface area contributed by atoms with Crippen molar-refractivity contribution in [2.75, 3.05) is 19.7 Å². The Morgan fingerprint density at radius 3 is 2.33 bits per heavy atom. The van der Waals surface area contributed by atoms with Crippen molar-refractivity contribution < 1.29 is 14.3 Å². The summed E-state index contributed by atoms with van der Waals surface area (Å²) in [5, 5.41) is 0. The predicted octanol–water partition coefficient (Wildman–Crippen LogP) is 2.00. The monoisotopic (exact) mass is 253 g/mol. The van der Waals surface area contributed by atoms with E-state index >= 15 is 0 Å². The van der Waals surface area contributed by atoms with Gasteiger partial charge >= 0.3 is 5.97 Å². The van der Waals surface area contributed by atoms with Gasteiger partial charge in [0.25, 0.3) is 0 Å². The average Bonchev–Trinajstić information content (AvgIpc) is 2.35. The second-order valence-electron chi connectivity index (χ2n) is 5.32. The fourth-order valence-electron chi connectivity index (χ4n) is 2.01. The van der Waals surface area contributed by atoms with E-state index in [4.69, 9.17) is 4.74 Å². The molecule has 0 aliphatic carbocycles. The van der Waals surface area contributed by atoms with Gasteiger partial charge in [0.05, 0.1) is 5.92 Å². The van der Waals surface area contributed by atoms with Crippen LogP contribution in [0.25, 0.3) is 0 Å². The van der Waals surface area contributed by atoms with Crippen molar-refractivity contribution >= 4 is 11.9 Å². The van der Waals surface area contributed by atoms with Crippen molar-refractivity contribution in [3.8, 4) is 0 Å². The fraction of sp³-hybridized carbons (Fsp3) is 0.714. The first kappa shape index (κ1) is 14.7. The Labute approximate surface area is 109 Å². The maximum Gasteiger partial charge on any atom is 0.309 e. The number of esters is 1. The highest BCUT2D eigenvalue weighted by Crippen LogP contribution is 2.20. The van der Waals surface area contributed by atoms with Gasteiger partial charge in [-0.2, -0.15) is 0 Å². The zero-order chi connectivity index (χ0) is 13.7. The van der Waals surface area contributed by atoms with Crippen LogP contribution in [-0.2, 0) is 14.3 Å². The van der Waals surface area contributed by atoms with Crippen LogP contribution in [0.5, 0.6) is 0 Å². The highest BCUT2D eigenvalue weighted by atomic mass is 16.5. The van der Waals surface area contributed by atoms with Gasteiger partial charge in [0, 0.05) is 19.0 Å². The molecule has 0 aromatic rings. The van der Waals surface area contributed by atoms with E-state index in [0.29, 0.717) is 32.5 Å². The first-order valence-corrected chi connectivity index (χ1v) is 6.51. The summed E-state index contributed by atoms with van der Waals surface area (Å²) >= 11 is 0. The number of likely N-dealkylation sites (tertiary alicyclic amines) is 1. The summed E-state index contributed by atoms with van der Waals surface area (Å²) in [5.74, 6) is -0.0316. The van der Waals surface area contributed by atoms with Crippen LogP contribution in [0.2, 0.25) is 0 Å². The number of nitrogens with zero attached hydrogens (tertiary/aromatic N) is 1. The molecule has 18 heavy (non-hydrogen) atoms. The molecule has 4 nitrogen and oxygen atoms in total. The number of piperidine rings is 1. The van der Waals surface area contributed by atoms with Crippen molar-refractivity contribution in [3.63, 3.8) is 0 Å². The number of hydrogen-bond acceptors (Lipinski definition) is 3. The number of hydrogen-bond donors (Lipinski definition) is 0. The van der Waals surface area contributed by atoms with E-state index in [1.54, 1.807) is 0 Å². The summed E-state index contributed by atoms with van der Waals surface area (Å²) in [6.45, 7) is 10.9. The SMILES string of the molecule is C=C(C)COC(=O)C1CCN(C(=O)C(C)C)CC1. The Bertz CT molecular complexity index is 328. The third-order valence-electron chi connectivity index (χ3n) is 3.09. The molecule has 0 saturated carbocycles. The summed E-state index contributed by atoms with van der Waals surface area (Å²) < 4.78 is 5.14. The largest absolute Gasteiger partial charge is 0.461 e. The lowest BCUT2D eigenvalue weighted by atomic mass is 9.96. The first-order valence-electron chi connectivity index (χ1n) is 6.51. The van der Waals surface area contributed by atoms with Gasteiger partial charge in [-0.3, -0.25) is 9.59 Å². The third kappa shape index (κ3) is 4.17. The molecule has 0 aromatic heterocycles. The summed E-state index contributed by atoms with van der Waals surface area (Å²) in [7, 11) is 0. The fourth-order valence-corrected chi connectivity index (χ4v) is 2.01. The third-order valence-corrected chi connectivity index (χ3v) is 3.09. The summed E-state index contributed by atoms with van der Waals surface area (Å²) in [6.07, 6.45) is 1.40. The van der Waals surface area contributed by atoms with Crippen LogP contribution in [0, 0.1) is 11.8 Å². The summed E-state index contributed by atoms with van der Waals surface area (Å²) in [5.41, 5.74) is 0.843. The number of ether oxygens (including phenoxy) is 1. The van der Waals surface area contributed by atoms with Gasteiger partial charge < -0.3 is 9.64 Å². The molecule has 1 aliphatic heterocycles. The minimum Gasteiger partial charge on any atom is -0.461 e. The molecule has 0 atom stereocenters. The number of carbonyl (C=O) groups excluding carboxylic acids is 2. The van der Waals surface area contributed by atoms with Crippen LogP contribution in [-0.4, -0.2) is 36.5 Å². The molecule has 0 radical (unpaired) electrons. The molecular weight excluding hydrogens is 230 g/mol. The number of carbonyl (C=O) groups is 2. The molecule has 1 fully saturated rings. The van der Waals surface area contributed by atoms with E-state index in [9.17, 15) is 9.59 Å². The van der Waals surface area contributed by atoms with Crippen LogP contribution in [0.3, 0.4) is 0 Å². The normalized spacial score (nSPS) is 16.8. The lowest BCUT2D eigenvalue weighted by Gasteiger charge is -2.32. The van der Waals surface area contributed by atoms with Crippen LogP contribution >= 0.6 is 0 Å². The molecule has 0 aromatic carbocycles. The first-order chi connectivity index (χ1) is 8.41. The van der Waals surface area contributed by atoms with Crippen molar-refractivity contribution in [1.29, 1.82) is 0 Å². The second-order valence-corrected chi connectivity index (χ2v) is 5.32. The Balaban J connectivity index is 2.37. The van der Waals surface area contributed by atoms with Gasteiger partial charge in [0.15, 0.2) is 0 Å². The van der Waals surface area contributed by atoms with Gasteiger partial charge in [0.1, 0.15) is 6.61 Å². The number of amides is 1. The zero-order valence-corrected chi connectivity index (χ0v) is 11.6. The Kier molecular flexibility index (Phi) is 5.38. The molecule has 1 amide bonds. The van der Waals surface area contributed by atoms with Crippen LogP contribution in [0.4, 0.5) is 0 Å². The molecule has 0 bridgehead atoms. The van der Waals surface area contributed by atoms with E-state index in [0.717, 1.165) is 5.57 Å². The van der Waals surface area contributed by atoms with E-state index in [1.807, 2.05) is 25.7 Å². The molecule has 0 spiro atoms. The Morgan fingerprint density at radius 2 is 1.89 bits per heavy atom. The summed E-state index contributed by atoms with van der Waals surface area (Å²) in [6, 6.07) is 0. The minimum absolute atomic E-state index is 0.0249.